The van der Waals surface area contributed by atoms with Crippen molar-refractivity contribution in [1.29, 1.82) is 0 Å². The van der Waals surface area contributed by atoms with Crippen LogP contribution < -0.4 is 15.4 Å². The van der Waals surface area contributed by atoms with Gasteiger partial charge in [-0.1, -0.05) is 36.4 Å². The lowest BCUT2D eigenvalue weighted by Gasteiger charge is -2.18. The molecule has 27 heavy (non-hydrogen) atoms. The number of carbonyl (C=O) groups excluding carboxylic acids is 1. The molecule has 1 fully saturated rings. The van der Waals surface area contributed by atoms with Crippen molar-refractivity contribution in [1.82, 2.24) is 15.5 Å². The largest absolute Gasteiger partial charge is 0.497 e. The fraction of sp³-hybridized carbons (Fsp3) is 0.409. The molecule has 0 radical (unpaired) electrons. The van der Waals surface area contributed by atoms with Gasteiger partial charge in [0.05, 0.1) is 7.11 Å². The first-order chi connectivity index (χ1) is 13.2. The SMILES string of the molecule is COc1ccc(CCNC(=O)NCc2ccccc2CN2CCCC2)cc1. The fourth-order valence-corrected chi connectivity index (χ4v) is 3.42. The number of nitrogens with zero attached hydrogens (tertiary/aromatic N) is 1. The van der Waals surface area contributed by atoms with Crippen LogP contribution in [0.25, 0.3) is 0 Å². The van der Waals surface area contributed by atoms with Gasteiger partial charge in [0.25, 0.3) is 0 Å². The van der Waals surface area contributed by atoms with E-state index in [1.54, 1.807) is 7.11 Å². The average Bonchev–Trinajstić information content (AvgIpc) is 3.21. The number of ether oxygens (including phenoxy) is 1. The number of hydrogen-bond donors (Lipinski definition) is 2. The van der Waals surface area contributed by atoms with Crippen molar-refractivity contribution in [3.05, 3.63) is 65.2 Å². The zero-order chi connectivity index (χ0) is 18.9. The van der Waals surface area contributed by atoms with Gasteiger partial charge in [-0.05, 0) is 61.2 Å². The van der Waals surface area contributed by atoms with E-state index < -0.39 is 0 Å². The molecule has 5 nitrogen and oxygen atoms in total. The molecule has 0 aromatic heterocycles. The maximum Gasteiger partial charge on any atom is 0.315 e. The molecule has 0 spiro atoms. The number of likely N-dealkylation sites (tertiary alicyclic amines) is 1. The Bertz CT molecular complexity index is 725. The predicted molar refractivity (Wildman–Crippen MR) is 108 cm³/mol. The van der Waals surface area contributed by atoms with Crippen LogP contribution in [0, 0.1) is 0 Å². The van der Waals surface area contributed by atoms with Crippen molar-refractivity contribution in [2.75, 3.05) is 26.7 Å². The number of urea groups is 1. The molecular weight excluding hydrogens is 338 g/mol. The van der Waals surface area contributed by atoms with E-state index in [4.69, 9.17) is 4.74 Å². The Morgan fingerprint density at radius 3 is 2.41 bits per heavy atom. The van der Waals surface area contributed by atoms with Gasteiger partial charge >= 0.3 is 6.03 Å². The van der Waals surface area contributed by atoms with Gasteiger partial charge in [-0.3, -0.25) is 4.90 Å². The van der Waals surface area contributed by atoms with Crippen LogP contribution >= 0.6 is 0 Å². The highest BCUT2D eigenvalue weighted by atomic mass is 16.5. The van der Waals surface area contributed by atoms with Crippen molar-refractivity contribution < 1.29 is 9.53 Å². The van der Waals surface area contributed by atoms with Crippen molar-refractivity contribution in [3.8, 4) is 5.75 Å². The molecule has 2 amide bonds. The number of benzene rings is 2. The number of rotatable bonds is 8. The Kier molecular flexibility index (Phi) is 7.11. The summed E-state index contributed by atoms with van der Waals surface area (Å²) in [6.45, 7) is 4.48. The second-order valence-electron chi connectivity index (χ2n) is 6.96. The molecule has 5 heteroatoms. The monoisotopic (exact) mass is 367 g/mol. The molecule has 1 saturated heterocycles. The molecule has 1 aliphatic heterocycles. The number of amides is 2. The number of hydrogen-bond acceptors (Lipinski definition) is 3. The summed E-state index contributed by atoms with van der Waals surface area (Å²) in [5.41, 5.74) is 3.67. The van der Waals surface area contributed by atoms with Crippen LogP contribution in [-0.2, 0) is 19.5 Å². The third-order valence-electron chi connectivity index (χ3n) is 5.01. The van der Waals surface area contributed by atoms with Gasteiger partial charge in [-0.2, -0.15) is 0 Å². The quantitative estimate of drug-likeness (QED) is 0.752. The number of methoxy groups -OCH3 is 1. The van der Waals surface area contributed by atoms with E-state index in [-0.39, 0.29) is 6.03 Å². The topological polar surface area (TPSA) is 53.6 Å². The van der Waals surface area contributed by atoms with Gasteiger partial charge < -0.3 is 15.4 Å². The molecule has 2 N–H and O–H groups in total. The van der Waals surface area contributed by atoms with Crippen molar-refractivity contribution in [2.24, 2.45) is 0 Å². The highest BCUT2D eigenvalue weighted by Crippen LogP contribution is 2.16. The number of carbonyl (C=O) groups is 1. The van der Waals surface area contributed by atoms with Gasteiger partial charge in [0.1, 0.15) is 5.75 Å². The maximum absolute atomic E-state index is 12.1. The molecule has 144 valence electrons. The highest BCUT2D eigenvalue weighted by molar-refractivity contribution is 5.73. The zero-order valence-corrected chi connectivity index (χ0v) is 16.0. The molecule has 2 aromatic rings. The summed E-state index contributed by atoms with van der Waals surface area (Å²) in [6, 6.07) is 16.2. The Balaban J connectivity index is 1.42. The first-order valence-corrected chi connectivity index (χ1v) is 9.68. The lowest BCUT2D eigenvalue weighted by molar-refractivity contribution is 0.240. The van der Waals surface area contributed by atoms with Gasteiger partial charge in [-0.25, -0.2) is 4.79 Å². The molecule has 3 rings (SSSR count). The van der Waals surface area contributed by atoms with Gasteiger partial charge in [0, 0.05) is 19.6 Å². The van der Waals surface area contributed by atoms with E-state index in [2.05, 4.69) is 33.7 Å². The van der Waals surface area contributed by atoms with E-state index in [0.29, 0.717) is 13.1 Å². The molecule has 0 saturated carbocycles. The minimum absolute atomic E-state index is 0.125. The molecule has 1 heterocycles. The summed E-state index contributed by atoms with van der Waals surface area (Å²) in [5, 5.41) is 5.91. The molecule has 0 atom stereocenters. The molecule has 0 unspecified atom stereocenters. The molecule has 1 aliphatic rings. The van der Waals surface area contributed by atoms with Crippen LogP contribution in [0.15, 0.2) is 48.5 Å². The summed E-state index contributed by atoms with van der Waals surface area (Å²) in [5.74, 6) is 0.844. The molecular formula is C22H29N3O2. The first kappa shape index (κ1) is 19.2. The highest BCUT2D eigenvalue weighted by Gasteiger charge is 2.13. The predicted octanol–water partition coefficient (Wildman–Crippen LogP) is 3.33. The van der Waals surface area contributed by atoms with Crippen molar-refractivity contribution >= 4 is 6.03 Å². The van der Waals surface area contributed by atoms with Crippen LogP contribution in [-0.4, -0.2) is 37.7 Å². The van der Waals surface area contributed by atoms with Crippen LogP contribution in [0.4, 0.5) is 4.79 Å². The minimum atomic E-state index is -0.125. The van der Waals surface area contributed by atoms with E-state index in [1.807, 2.05) is 30.3 Å². The summed E-state index contributed by atoms with van der Waals surface area (Å²) in [6.07, 6.45) is 3.37. The zero-order valence-electron chi connectivity index (χ0n) is 16.0. The van der Waals surface area contributed by atoms with Gasteiger partial charge in [0.15, 0.2) is 0 Å². The fourth-order valence-electron chi connectivity index (χ4n) is 3.42. The Morgan fingerprint density at radius 1 is 1.00 bits per heavy atom. The van der Waals surface area contributed by atoms with Crippen LogP contribution in [0.5, 0.6) is 5.75 Å². The van der Waals surface area contributed by atoms with E-state index in [1.165, 1.54) is 42.6 Å². The average molecular weight is 367 g/mol. The minimum Gasteiger partial charge on any atom is -0.497 e. The Morgan fingerprint density at radius 2 is 1.70 bits per heavy atom. The summed E-state index contributed by atoms with van der Waals surface area (Å²) >= 11 is 0. The summed E-state index contributed by atoms with van der Waals surface area (Å²) < 4.78 is 5.15. The van der Waals surface area contributed by atoms with Gasteiger partial charge in [-0.15, -0.1) is 0 Å². The second kappa shape index (κ2) is 9.97. The Hall–Kier alpha value is -2.53. The third-order valence-corrected chi connectivity index (χ3v) is 5.01. The Labute approximate surface area is 161 Å². The molecule has 0 bridgehead atoms. The maximum atomic E-state index is 12.1. The lowest BCUT2D eigenvalue weighted by atomic mass is 10.1. The van der Waals surface area contributed by atoms with Crippen molar-refractivity contribution in [2.45, 2.75) is 32.4 Å². The van der Waals surface area contributed by atoms with E-state index >= 15 is 0 Å². The van der Waals surface area contributed by atoms with Crippen LogP contribution in [0.2, 0.25) is 0 Å². The first-order valence-electron chi connectivity index (χ1n) is 9.68. The summed E-state index contributed by atoms with van der Waals surface area (Å²) in [7, 11) is 1.66. The second-order valence-corrected chi connectivity index (χ2v) is 6.96. The van der Waals surface area contributed by atoms with Crippen LogP contribution in [0.3, 0.4) is 0 Å². The standard InChI is InChI=1S/C22H29N3O2/c1-27-21-10-8-18(9-11-21)12-13-23-22(26)24-16-19-6-2-3-7-20(19)17-25-14-4-5-15-25/h2-3,6-11H,4-5,12-17H2,1H3,(H2,23,24,26). The van der Waals surface area contributed by atoms with E-state index in [0.717, 1.165) is 18.7 Å². The number of nitrogens with one attached hydrogen (secondary N) is 2. The van der Waals surface area contributed by atoms with Gasteiger partial charge in [0.2, 0.25) is 0 Å². The van der Waals surface area contributed by atoms with Crippen LogP contribution in [0.1, 0.15) is 29.5 Å². The third kappa shape index (κ3) is 6.00. The summed E-state index contributed by atoms with van der Waals surface area (Å²) in [4.78, 5) is 14.6. The van der Waals surface area contributed by atoms with Crippen molar-refractivity contribution in [3.63, 3.8) is 0 Å². The van der Waals surface area contributed by atoms with E-state index in [9.17, 15) is 4.79 Å². The smallest absolute Gasteiger partial charge is 0.315 e. The normalized spacial score (nSPS) is 14.1. The molecule has 2 aromatic carbocycles. The molecule has 0 aliphatic carbocycles. The lowest BCUT2D eigenvalue weighted by Crippen LogP contribution is -2.36.